The minimum atomic E-state index is 0.0913. The third-order valence-electron chi connectivity index (χ3n) is 4.76. The third kappa shape index (κ3) is 4.05. The van der Waals surface area contributed by atoms with E-state index < -0.39 is 0 Å². The highest BCUT2D eigenvalue weighted by atomic mass is 16.5. The number of hydrogen-bond donors (Lipinski definition) is 2. The minimum Gasteiger partial charge on any atom is -0.373 e. The van der Waals surface area contributed by atoms with Crippen LogP contribution in [-0.2, 0) is 16.7 Å². The molecule has 130 valence electrons. The fourth-order valence-corrected chi connectivity index (χ4v) is 3.55. The molecule has 2 heterocycles. The minimum absolute atomic E-state index is 0.0913. The summed E-state index contributed by atoms with van der Waals surface area (Å²) >= 11 is 0. The molecule has 1 saturated heterocycles. The highest BCUT2D eigenvalue weighted by Gasteiger charge is 2.27. The van der Waals surface area contributed by atoms with Gasteiger partial charge < -0.3 is 10.1 Å². The first-order valence-electron chi connectivity index (χ1n) is 8.95. The van der Waals surface area contributed by atoms with Gasteiger partial charge in [0.2, 0.25) is 0 Å². The number of aromatic amines is 1. The van der Waals surface area contributed by atoms with Gasteiger partial charge in [-0.1, -0.05) is 51.1 Å². The van der Waals surface area contributed by atoms with Crippen molar-refractivity contribution in [3.05, 3.63) is 53.3 Å². The molecule has 2 N–H and O–H groups in total. The lowest BCUT2D eigenvalue weighted by atomic mass is 9.88. The predicted octanol–water partition coefficient (Wildman–Crippen LogP) is 3.96. The molecule has 0 radical (unpaired) electrons. The second-order valence-corrected chi connectivity index (χ2v) is 7.76. The van der Waals surface area contributed by atoms with E-state index in [1.807, 2.05) is 6.20 Å². The van der Waals surface area contributed by atoms with E-state index in [2.05, 4.69) is 66.6 Å². The van der Waals surface area contributed by atoms with Crippen molar-refractivity contribution in [2.24, 2.45) is 5.92 Å². The third-order valence-corrected chi connectivity index (χ3v) is 4.76. The van der Waals surface area contributed by atoms with Crippen molar-refractivity contribution in [2.45, 2.75) is 51.7 Å². The van der Waals surface area contributed by atoms with Gasteiger partial charge in [-0.2, -0.15) is 5.10 Å². The van der Waals surface area contributed by atoms with E-state index in [1.54, 1.807) is 0 Å². The average molecular weight is 327 g/mol. The fraction of sp³-hybridized carbons (Fsp3) is 0.550. The van der Waals surface area contributed by atoms with Gasteiger partial charge in [-0.3, -0.25) is 5.10 Å². The van der Waals surface area contributed by atoms with Gasteiger partial charge in [0.1, 0.15) is 0 Å². The SMILES string of the molecule is CC(C)(C)c1[nH]ncc1CNCC1CCCOC1c1ccccc1. The largest absolute Gasteiger partial charge is 0.373 e. The zero-order valence-corrected chi connectivity index (χ0v) is 15.0. The summed E-state index contributed by atoms with van der Waals surface area (Å²) in [5.41, 5.74) is 3.86. The summed E-state index contributed by atoms with van der Waals surface area (Å²) in [6.45, 7) is 9.32. The molecule has 2 unspecified atom stereocenters. The van der Waals surface area contributed by atoms with Crippen LogP contribution >= 0.6 is 0 Å². The van der Waals surface area contributed by atoms with Gasteiger partial charge in [0.15, 0.2) is 0 Å². The van der Waals surface area contributed by atoms with Crippen molar-refractivity contribution in [2.75, 3.05) is 13.2 Å². The molecule has 0 spiro atoms. The van der Waals surface area contributed by atoms with Crippen LogP contribution in [0.3, 0.4) is 0 Å². The first-order chi connectivity index (χ1) is 11.6. The molecule has 0 aliphatic carbocycles. The molecule has 1 aliphatic heterocycles. The van der Waals surface area contributed by atoms with Crippen LogP contribution in [0.5, 0.6) is 0 Å². The van der Waals surface area contributed by atoms with Crippen LogP contribution in [0.25, 0.3) is 0 Å². The normalized spacial score (nSPS) is 21.8. The van der Waals surface area contributed by atoms with E-state index in [0.29, 0.717) is 5.92 Å². The van der Waals surface area contributed by atoms with Crippen LogP contribution < -0.4 is 5.32 Å². The number of nitrogens with zero attached hydrogens (tertiary/aromatic N) is 1. The Morgan fingerprint density at radius 2 is 2.04 bits per heavy atom. The summed E-state index contributed by atoms with van der Waals surface area (Å²) in [5.74, 6) is 0.520. The van der Waals surface area contributed by atoms with Gasteiger partial charge in [-0.25, -0.2) is 0 Å². The van der Waals surface area contributed by atoms with Crippen molar-refractivity contribution >= 4 is 0 Å². The summed E-state index contributed by atoms with van der Waals surface area (Å²) in [6.07, 6.45) is 4.51. The van der Waals surface area contributed by atoms with E-state index in [4.69, 9.17) is 4.74 Å². The fourth-order valence-electron chi connectivity index (χ4n) is 3.55. The van der Waals surface area contributed by atoms with Crippen molar-refractivity contribution < 1.29 is 4.74 Å². The Hall–Kier alpha value is -1.65. The Bertz CT molecular complexity index is 630. The topological polar surface area (TPSA) is 49.9 Å². The van der Waals surface area contributed by atoms with Crippen LogP contribution in [0.15, 0.2) is 36.5 Å². The lowest BCUT2D eigenvalue weighted by Crippen LogP contribution is -2.32. The maximum absolute atomic E-state index is 6.08. The second kappa shape index (κ2) is 7.49. The van der Waals surface area contributed by atoms with E-state index in [-0.39, 0.29) is 11.5 Å². The number of rotatable bonds is 5. The first kappa shape index (κ1) is 17.2. The molecule has 24 heavy (non-hydrogen) atoms. The first-order valence-corrected chi connectivity index (χ1v) is 8.95. The summed E-state index contributed by atoms with van der Waals surface area (Å²) < 4.78 is 6.08. The number of ether oxygens (including phenoxy) is 1. The van der Waals surface area contributed by atoms with Crippen LogP contribution in [-0.4, -0.2) is 23.3 Å². The number of benzene rings is 1. The number of nitrogens with one attached hydrogen (secondary N) is 2. The monoisotopic (exact) mass is 327 g/mol. The van der Waals surface area contributed by atoms with Crippen LogP contribution in [0.1, 0.15) is 56.5 Å². The Morgan fingerprint density at radius 3 is 2.79 bits per heavy atom. The molecule has 4 nitrogen and oxygen atoms in total. The molecule has 4 heteroatoms. The van der Waals surface area contributed by atoms with Gasteiger partial charge in [0.25, 0.3) is 0 Å². The van der Waals surface area contributed by atoms with Crippen molar-refractivity contribution in [1.29, 1.82) is 0 Å². The highest BCUT2D eigenvalue weighted by molar-refractivity contribution is 5.23. The maximum atomic E-state index is 6.08. The van der Waals surface area contributed by atoms with Crippen molar-refractivity contribution in [1.82, 2.24) is 15.5 Å². The van der Waals surface area contributed by atoms with Gasteiger partial charge >= 0.3 is 0 Å². The molecule has 1 aliphatic rings. The summed E-state index contributed by atoms with van der Waals surface area (Å²) in [7, 11) is 0. The Kier molecular flexibility index (Phi) is 5.36. The molecular weight excluding hydrogens is 298 g/mol. The quantitative estimate of drug-likeness (QED) is 0.874. The zero-order valence-electron chi connectivity index (χ0n) is 15.0. The maximum Gasteiger partial charge on any atom is 0.0865 e. The summed E-state index contributed by atoms with van der Waals surface area (Å²) in [6, 6.07) is 10.6. The Morgan fingerprint density at radius 1 is 1.25 bits per heavy atom. The van der Waals surface area contributed by atoms with Gasteiger partial charge in [0, 0.05) is 42.3 Å². The number of hydrogen-bond acceptors (Lipinski definition) is 3. The van der Waals surface area contributed by atoms with Gasteiger partial charge in [0.05, 0.1) is 12.3 Å². The number of H-pyrrole nitrogens is 1. The molecule has 3 rings (SSSR count). The molecule has 0 amide bonds. The van der Waals surface area contributed by atoms with Crippen molar-refractivity contribution in [3.63, 3.8) is 0 Å². The van der Waals surface area contributed by atoms with Gasteiger partial charge in [-0.15, -0.1) is 0 Å². The summed E-state index contributed by atoms with van der Waals surface area (Å²) in [5, 5.41) is 11.0. The van der Waals surface area contributed by atoms with Crippen LogP contribution in [0.4, 0.5) is 0 Å². The Labute approximate surface area is 145 Å². The lowest BCUT2D eigenvalue weighted by Gasteiger charge is -2.32. The molecule has 1 fully saturated rings. The van der Waals surface area contributed by atoms with E-state index in [0.717, 1.165) is 26.1 Å². The Balaban J connectivity index is 1.60. The average Bonchev–Trinajstić information content (AvgIpc) is 3.05. The van der Waals surface area contributed by atoms with E-state index in [1.165, 1.54) is 23.2 Å². The molecule has 0 bridgehead atoms. The van der Waals surface area contributed by atoms with Crippen LogP contribution in [0, 0.1) is 5.92 Å². The molecular formula is C20H29N3O. The zero-order chi connectivity index (χ0) is 17.0. The van der Waals surface area contributed by atoms with Gasteiger partial charge in [-0.05, 0) is 18.4 Å². The molecule has 0 saturated carbocycles. The van der Waals surface area contributed by atoms with E-state index >= 15 is 0 Å². The molecule has 2 aromatic rings. The highest BCUT2D eigenvalue weighted by Crippen LogP contribution is 2.33. The molecule has 1 aromatic heterocycles. The number of aromatic nitrogens is 2. The second-order valence-electron chi connectivity index (χ2n) is 7.76. The molecule has 2 atom stereocenters. The summed E-state index contributed by atoms with van der Waals surface area (Å²) in [4.78, 5) is 0. The van der Waals surface area contributed by atoms with E-state index in [9.17, 15) is 0 Å². The molecule has 1 aromatic carbocycles. The predicted molar refractivity (Wildman–Crippen MR) is 96.9 cm³/mol. The lowest BCUT2D eigenvalue weighted by molar-refractivity contribution is -0.0278. The van der Waals surface area contributed by atoms with Crippen LogP contribution in [0.2, 0.25) is 0 Å². The standard InChI is InChI=1S/C20H29N3O/c1-20(2,3)19-17(14-22-23-19)13-21-12-16-10-7-11-24-18(16)15-8-5-4-6-9-15/h4-6,8-9,14,16,18,21H,7,10-13H2,1-3H3,(H,22,23). The van der Waals surface area contributed by atoms with Crippen molar-refractivity contribution in [3.8, 4) is 0 Å². The smallest absolute Gasteiger partial charge is 0.0865 e.